The van der Waals surface area contributed by atoms with Gasteiger partial charge in [-0.1, -0.05) is 11.6 Å². The molecule has 0 aliphatic rings. The van der Waals surface area contributed by atoms with Gasteiger partial charge in [-0.25, -0.2) is 0 Å². The van der Waals surface area contributed by atoms with Crippen LogP contribution in [0.2, 0.25) is 5.02 Å². The topological polar surface area (TPSA) is 111 Å². The fourth-order valence-electron chi connectivity index (χ4n) is 2.43. The van der Waals surface area contributed by atoms with Crippen LogP contribution >= 0.6 is 23.4 Å². The number of rotatable bonds is 8. The van der Waals surface area contributed by atoms with Crippen LogP contribution in [0, 0.1) is 17.0 Å². The summed E-state index contributed by atoms with van der Waals surface area (Å²) in [5, 5.41) is 11.7. The van der Waals surface area contributed by atoms with Crippen LogP contribution in [-0.4, -0.2) is 29.6 Å². The number of nitro groups is 1. The van der Waals surface area contributed by atoms with Gasteiger partial charge in [0.15, 0.2) is 0 Å². The van der Waals surface area contributed by atoms with Crippen LogP contribution in [0.5, 0.6) is 5.75 Å². The van der Waals surface area contributed by atoms with E-state index in [1.165, 1.54) is 23.9 Å². The molecule has 0 radical (unpaired) electrons. The molecule has 2 aromatic carbocycles. The van der Waals surface area contributed by atoms with Crippen molar-refractivity contribution < 1.29 is 19.2 Å². The van der Waals surface area contributed by atoms with Crippen molar-refractivity contribution in [3.8, 4) is 5.75 Å². The lowest BCUT2D eigenvalue weighted by molar-refractivity contribution is -0.385. The molecule has 0 aliphatic carbocycles. The highest BCUT2D eigenvalue weighted by Crippen LogP contribution is 2.24. The van der Waals surface area contributed by atoms with Crippen molar-refractivity contribution in [3.05, 3.63) is 62.7 Å². The third-order valence-corrected chi connectivity index (χ3v) is 4.86. The number of halogens is 1. The standard InChI is InChI=1S/C19H20ClN3O5S/c1-12-10-13(20)5-8-17(12)28-9-3-4-18(24)21-22-19(25)15-11-14(29-2)6-7-16(15)23(26)27/h5-8,10-11H,3-4,9H2,1-2H3,(H,21,24)(H,22,25). The van der Waals surface area contributed by atoms with Gasteiger partial charge in [-0.15, -0.1) is 11.8 Å². The molecule has 0 atom stereocenters. The summed E-state index contributed by atoms with van der Waals surface area (Å²) >= 11 is 7.23. The van der Waals surface area contributed by atoms with Crippen molar-refractivity contribution >= 4 is 40.9 Å². The van der Waals surface area contributed by atoms with Gasteiger partial charge in [0, 0.05) is 22.4 Å². The van der Waals surface area contributed by atoms with Gasteiger partial charge in [-0.3, -0.25) is 30.6 Å². The zero-order chi connectivity index (χ0) is 21.4. The minimum absolute atomic E-state index is 0.111. The van der Waals surface area contributed by atoms with Crippen molar-refractivity contribution in [2.75, 3.05) is 12.9 Å². The number of ether oxygens (including phenoxy) is 1. The molecule has 0 aliphatic heterocycles. The Labute approximate surface area is 177 Å². The lowest BCUT2D eigenvalue weighted by Crippen LogP contribution is -2.41. The van der Waals surface area contributed by atoms with Gasteiger partial charge in [0.25, 0.3) is 11.6 Å². The van der Waals surface area contributed by atoms with Crippen molar-refractivity contribution in [1.29, 1.82) is 0 Å². The van der Waals surface area contributed by atoms with Crippen LogP contribution in [-0.2, 0) is 4.79 Å². The molecule has 0 unspecified atom stereocenters. The highest BCUT2D eigenvalue weighted by molar-refractivity contribution is 7.98. The highest BCUT2D eigenvalue weighted by Gasteiger charge is 2.21. The number of nitrogens with zero attached hydrogens (tertiary/aromatic N) is 1. The van der Waals surface area contributed by atoms with Gasteiger partial charge in [0.1, 0.15) is 11.3 Å². The predicted octanol–water partition coefficient (Wildman–Crippen LogP) is 3.90. The number of hydrogen-bond donors (Lipinski definition) is 2. The van der Waals surface area contributed by atoms with Crippen LogP contribution in [0.15, 0.2) is 41.3 Å². The van der Waals surface area contributed by atoms with Gasteiger partial charge < -0.3 is 4.74 Å². The first kappa shape index (κ1) is 22.5. The zero-order valence-corrected chi connectivity index (χ0v) is 17.4. The molecule has 0 heterocycles. The molecule has 2 rings (SSSR count). The Bertz CT molecular complexity index is 923. The molecule has 10 heteroatoms. The Kier molecular flexibility index (Phi) is 8.29. The van der Waals surface area contributed by atoms with Crippen molar-refractivity contribution in [3.63, 3.8) is 0 Å². The number of nitro benzene ring substituents is 1. The lowest BCUT2D eigenvalue weighted by Gasteiger charge is -2.10. The van der Waals surface area contributed by atoms with E-state index in [2.05, 4.69) is 10.9 Å². The summed E-state index contributed by atoms with van der Waals surface area (Å²) < 4.78 is 5.60. The quantitative estimate of drug-likeness (QED) is 0.280. The first-order chi connectivity index (χ1) is 13.8. The molecule has 2 aromatic rings. The minimum atomic E-state index is -0.756. The summed E-state index contributed by atoms with van der Waals surface area (Å²) in [6.45, 7) is 2.18. The average Bonchev–Trinajstić information content (AvgIpc) is 2.70. The van der Waals surface area contributed by atoms with E-state index in [1.807, 2.05) is 6.92 Å². The van der Waals surface area contributed by atoms with E-state index in [-0.39, 0.29) is 17.7 Å². The number of carbonyl (C=O) groups is 2. The maximum absolute atomic E-state index is 12.2. The lowest BCUT2D eigenvalue weighted by atomic mass is 10.1. The number of hydrogen-bond acceptors (Lipinski definition) is 6. The smallest absolute Gasteiger partial charge is 0.282 e. The van der Waals surface area contributed by atoms with Crippen LogP contribution in [0.1, 0.15) is 28.8 Å². The molecule has 0 saturated carbocycles. The zero-order valence-electron chi connectivity index (χ0n) is 15.9. The Hall–Kier alpha value is -2.78. The second-order valence-corrected chi connectivity index (χ2v) is 7.32. The summed E-state index contributed by atoms with van der Waals surface area (Å²) in [6.07, 6.45) is 2.32. The monoisotopic (exact) mass is 437 g/mol. The van der Waals surface area contributed by atoms with Crippen LogP contribution in [0.4, 0.5) is 5.69 Å². The molecule has 154 valence electrons. The van der Waals surface area contributed by atoms with E-state index in [4.69, 9.17) is 16.3 Å². The fourth-order valence-corrected chi connectivity index (χ4v) is 3.10. The molecule has 0 fully saturated rings. The molecule has 29 heavy (non-hydrogen) atoms. The number of carbonyl (C=O) groups excluding carboxylic acids is 2. The van der Waals surface area contributed by atoms with Gasteiger partial charge in [0.05, 0.1) is 11.5 Å². The van der Waals surface area contributed by atoms with Crippen LogP contribution in [0.25, 0.3) is 0 Å². The number of amides is 2. The normalized spacial score (nSPS) is 10.3. The third kappa shape index (κ3) is 6.65. The molecule has 0 aromatic heterocycles. The van der Waals surface area contributed by atoms with E-state index in [0.717, 1.165) is 5.56 Å². The first-order valence-electron chi connectivity index (χ1n) is 8.62. The molecule has 0 spiro atoms. The van der Waals surface area contributed by atoms with E-state index in [9.17, 15) is 19.7 Å². The maximum atomic E-state index is 12.2. The second-order valence-electron chi connectivity index (χ2n) is 6.00. The molecular weight excluding hydrogens is 418 g/mol. The summed E-state index contributed by atoms with van der Waals surface area (Å²) in [7, 11) is 0. The van der Waals surface area contributed by atoms with Gasteiger partial charge in [-0.05, 0) is 55.5 Å². The summed E-state index contributed by atoms with van der Waals surface area (Å²) in [4.78, 5) is 35.3. The molecule has 0 saturated heterocycles. The number of benzene rings is 2. The Morgan fingerprint density at radius 1 is 1.21 bits per heavy atom. The second kappa shape index (κ2) is 10.7. The summed E-state index contributed by atoms with van der Waals surface area (Å²) in [5.74, 6) is -0.503. The highest BCUT2D eigenvalue weighted by atomic mass is 35.5. The number of hydrazine groups is 1. The van der Waals surface area contributed by atoms with E-state index in [1.54, 1.807) is 30.5 Å². The Morgan fingerprint density at radius 3 is 2.62 bits per heavy atom. The first-order valence-corrected chi connectivity index (χ1v) is 10.2. The van der Waals surface area contributed by atoms with Crippen LogP contribution < -0.4 is 15.6 Å². The van der Waals surface area contributed by atoms with Gasteiger partial charge in [0.2, 0.25) is 5.91 Å². The maximum Gasteiger partial charge on any atom is 0.282 e. The fraction of sp³-hybridized carbons (Fsp3) is 0.263. The van der Waals surface area contributed by atoms with Crippen molar-refractivity contribution in [2.24, 2.45) is 0 Å². The predicted molar refractivity (Wildman–Crippen MR) is 111 cm³/mol. The Balaban J connectivity index is 1.81. The Morgan fingerprint density at radius 2 is 1.97 bits per heavy atom. The van der Waals surface area contributed by atoms with E-state index < -0.39 is 16.7 Å². The van der Waals surface area contributed by atoms with Gasteiger partial charge in [-0.2, -0.15) is 0 Å². The van der Waals surface area contributed by atoms with Gasteiger partial charge >= 0.3 is 0 Å². The number of aryl methyl sites for hydroxylation is 1. The number of nitrogens with one attached hydrogen (secondary N) is 2. The molecule has 8 nitrogen and oxygen atoms in total. The van der Waals surface area contributed by atoms with Crippen molar-refractivity contribution in [2.45, 2.75) is 24.7 Å². The largest absolute Gasteiger partial charge is 0.493 e. The molecule has 2 amide bonds. The van der Waals surface area contributed by atoms with E-state index >= 15 is 0 Å². The van der Waals surface area contributed by atoms with Crippen molar-refractivity contribution in [1.82, 2.24) is 10.9 Å². The summed E-state index contributed by atoms with van der Waals surface area (Å²) in [5.41, 5.74) is 4.91. The molecular formula is C19H20ClN3O5S. The van der Waals surface area contributed by atoms with Crippen LogP contribution in [0.3, 0.4) is 0 Å². The number of thioether (sulfide) groups is 1. The average molecular weight is 438 g/mol. The van der Waals surface area contributed by atoms with E-state index in [0.29, 0.717) is 28.7 Å². The SMILES string of the molecule is CSc1ccc([N+](=O)[O-])c(C(=O)NNC(=O)CCCOc2ccc(Cl)cc2C)c1. The molecule has 2 N–H and O–H groups in total. The molecule has 0 bridgehead atoms. The third-order valence-electron chi connectivity index (χ3n) is 3.90. The summed E-state index contributed by atoms with van der Waals surface area (Å²) in [6, 6.07) is 9.49. The minimum Gasteiger partial charge on any atom is -0.493 e.